The van der Waals surface area contributed by atoms with Gasteiger partial charge in [-0.05, 0) is 48.7 Å². The summed E-state index contributed by atoms with van der Waals surface area (Å²) in [5, 5.41) is 5.58. The van der Waals surface area contributed by atoms with Crippen molar-refractivity contribution in [3.63, 3.8) is 0 Å². The predicted molar refractivity (Wildman–Crippen MR) is 139 cm³/mol. The van der Waals surface area contributed by atoms with Gasteiger partial charge in [-0.3, -0.25) is 14.5 Å². The van der Waals surface area contributed by atoms with Crippen LogP contribution < -0.4 is 10.6 Å². The molecule has 2 N–H and O–H groups in total. The number of rotatable bonds is 7. The third-order valence-corrected chi connectivity index (χ3v) is 6.46. The molecule has 0 aromatic heterocycles. The molecule has 0 spiro atoms. The number of carbonyl (C=O) groups excluding carboxylic acids is 4. The van der Waals surface area contributed by atoms with Crippen molar-refractivity contribution in [2.45, 2.75) is 25.9 Å². The lowest BCUT2D eigenvalue weighted by Gasteiger charge is -2.32. The number of ether oxygens (including phenoxy) is 1. The summed E-state index contributed by atoms with van der Waals surface area (Å²) in [6, 6.07) is 22.4. The topological polar surface area (TPSA) is 108 Å². The van der Waals surface area contributed by atoms with Gasteiger partial charge in [-0.25, -0.2) is 9.59 Å². The summed E-state index contributed by atoms with van der Waals surface area (Å²) in [6.45, 7) is 3.24. The molecule has 1 atom stereocenters. The molecule has 0 aliphatic carbocycles. The van der Waals surface area contributed by atoms with E-state index >= 15 is 0 Å². The molecule has 9 nitrogen and oxygen atoms in total. The maximum absolute atomic E-state index is 13.6. The van der Waals surface area contributed by atoms with Gasteiger partial charge in [-0.1, -0.05) is 60.7 Å². The van der Waals surface area contributed by atoms with Gasteiger partial charge in [-0.15, -0.1) is 0 Å². The smallest absolute Gasteiger partial charge is 0.328 e. The molecule has 9 heteroatoms. The number of urea groups is 2. The number of amides is 5. The number of para-hydroxylation sites is 1. The lowest BCUT2D eigenvalue weighted by molar-refractivity contribution is -0.145. The molecule has 0 radical (unpaired) electrons. The fourth-order valence-electron chi connectivity index (χ4n) is 4.28. The van der Waals surface area contributed by atoms with Gasteiger partial charge in [0.2, 0.25) is 0 Å². The number of imide groups is 1. The van der Waals surface area contributed by atoms with Crippen molar-refractivity contribution in [1.29, 1.82) is 0 Å². The third-order valence-electron chi connectivity index (χ3n) is 6.46. The molecule has 0 saturated carbocycles. The number of nitrogens with one attached hydrogen (secondary N) is 2. The number of nitrogens with zero attached hydrogens (tertiary/aromatic N) is 2. The molecule has 3 aromatic rings. The molecule has 5 amide bonds. The van der Waals surface area contributed by atoms with Crippen LogP contribution >= 0.6 is 0 Å². The number of anilines is 2. The predicted octanol–water partition coefficient (Wildman–Crippen LogP) is 4.49. The lowest BCUT2D eigenvalue weighted by Crippen LogP contribution is -2.44. The molecule has 1 unspecified atom stereocenters. The molecule has 0 bridgehead atoms. The van der Waals surface area contributed by atoms with Crippen molar-refractivity contribution in [1.82, 2.24) is 9.80 Å². The third kappa shape index (κ3) is 5.16. The molecule has 4 rings (SSSR count). The second-order valence-electron chi connectivity index (χ2n) is 8.87. The Morgan fingerprint density at radius 1 is 0.892 bits per heavy atom. The van der Waals surface area contributed by atoms with E-state index < -0.39 is 36.0 Å². The Morgan fingerprint density at radius 2 is 1.54 bits per heavy atom. The molecular formula is C28H28N4O5. The summed E-state index contributed by atoms with van der Waals surface area (Å²) < 4.78 is 4.69. The SMILES string of the molecule is COC(=O)CN1C(=O)N(Cc2ccccc2)C(C)(c2ccc(NC(=O)Nc3ccccc3C)cc2)C1=O. The Balaban J connectivity index is 1.59. The second-order valence-corrected chi connectivity index (χ2v) is 8.87. The van der Waals surface area contributed by atoms with Crippen LogP contribution in [0.5, 0.6) is 0 Å². The molecule has 1 fully saturated rings. The number of hydrogen-bond donors (Lipinski definition) is 2. The summed E-state index contributed by atoms with van der Waals surface area (Å²) in [5.74, 6) is -1.22. The zero-order chi connectivity index (χ0) is 26.6. The highest BCUT2D eigenvalue weighted by molar-refractivity contribution is 6.09. The van der Waals surface area contributed by atoms with Crippen LogP contribution in [-0.2, 0) is 26.4 Å². The number of hydrogen-bond acceptors (Lipinski definition) is 5. The first-order valence-electron chi connectivity index (χ1n) is 11.7. The molecular weight excluding hydrogens is 472 g/mol. The van der Waals surface area contributed by atoms with Crippen LogP contribution in [0.4, 0.5) is 21.0 Å². The van der Waals surface area contributed by atoms with Gasteiger partial charge in [0.15, 0.2) is 0 Å². The van der Waals surface area contributed by atoms with Crippen LogP contribution in [0, 0.1) is 6.92 Å². The van der Waals surface area contributed by atoms with Crippen molar-refractivity contribution in [3.05, 3.63) is 95.6 Å². The van der Waals surface area contributed by atoms with Crippen LogP contribution in [0.2, 0.25) is 0 Å². The largest absolute Gasteiger partial charge is 0.468 e. The summed E-state index contributed by atoms with van der Waals surface area (Å²) in [5.41, 5.74) is 2.14. The Hall–Kier alpha value is -4.66. The zero-order valence-corrected chi connectivity index (χ0v) is 20.9. The van der Waals surface area contributed by atoms with E-state index in [0.29, 0.717) is 16.9 Å². The minimum atomic E-state index is -1.37. The normalized spacial score (nSPS) is 17.1. The standard InChI is InChI=1S/C28H28N4O5/c1-19-9-7-8-12-23(19)30-26(35)29-22-15-13-21(14-16-22)28(2)25(34)31(18-24(33)37-3)27(36)32(28)17-20-10-5-4-6-11-20/h4-16H,17-18H2,1-3H3,(H2,29,30,35). The van der Waals surface area contributed by atoms with Crippen LogP contribution in [-0.4, -0.2) is 47.4 Å². The average Bonchev–Trinajstić information content (AvgIpc) is 3.07. The van der Waals surface area contributed by atoms with Crippen molar-refractivity contribution < 1.29 is 23.9 Å². The molecule has 1 aliphatic rings. The van der Waals surface area contributed by atoms with Crippen LogP contribution in [0.15, 0.2) is 78.9 Å². The number of methoxy groups -OCH3 is 1. The van der Waals surface area contributed by atoms with E-state index in [0.717, 1.165) is 16.0 Å². The van der Waals surface area contributed by atoms with Gasteiger partial charge in [0, 0.05) is 17.9 Å². The van der Waals surface area contributed by atoms with Crippen molar-refractivity contribution in [2.24, 2.45) is 0 Å². The highest BCUT2D eigenvalue weighted by Gasteiger charge is 2.55. The van der Waals surface area contributed by atoms with Crippen LogP contribution in [0.1, 0.15) is 23.6 Å². The van der Waals surface area contributed by atoms with Crippen molar-refractivity contribution in [3.8, 4) is 0 Å². The molecule has 3 aromatic carbocycles. The fraction of sp³-hybridized carbons (Fsp3) is 0.214. The number of benzene rings is 3. The van der Waals surface area contributed by atoms with E-state index in [1.165, 1.54) is 12.0 Å². The molecule has 1 heterocycles. The van der Waals surface area contributed by atoms with Crippen molar-refractivity contribution in [2.75, 3.05) is 24.3 Å². The first kappa shape index (κ1) is 25.4. The lowest BCUT2D eigenvalue weighted by atomic mass is 9.89. The minimum Gasteiger partial charge on any atom is -0.468 e. The van der Waals surface area contributed by atoms with E-state index in [9.17, 15) is 19.2 Å². The highest BCUT2D eigenvalue weighted by Crippen LogP contribution is 2.39. The van der Waals surface area contributed by atoms with Gasteiger partial charge in [0.25, 0.3) is 5.91 Å². The molecule has 1 saturated heterocycles. The maximum Gasteiger partial charge on any atom is 0.328 e. The van der Waals surface area contributed by atoms with E-state index in [-0.39, 0.29) is 6.54 Å². The van der Waals surface area contributed by atoms with E-state index in [2.05, 4.69) is 15.4 Å². The van der Waals surface area contributed by atoms with Gasteiger partial charge in [0.05, 0.1) is 7.11 Å². The first-order valence-corrected chi connectivity index (χ1v) is 11.7. The number of aryl methyl sites for hydroxylation is 1. The van der Waals surface area contributed by atoms with E-state index in [1.54, 1.807) is 31.2 Å². The van der Waals surface area contributed by atoms with Gasteiger partial charge >= 0.3 is 18.0 Å². The van der Waals surface area contributed by atoms with E-state index in [1.807, 2.05) is 61.5 Å². The van der Waals surface area contributed by atoms with Gasteiger partial charge in [-0.2, -0.15) is 0 Å². The zero-order valence-electron chi connectivity index (χ0n) is 20.9. The maximum atomic E-state index is 13.6. The fourth-order valence-corrected chi connectivity index (χ4v) is 4.28. The second kappa shape index (κ2) is 10.5. The van der Waals surface area contributed by atoms with E-state index in [4.69, 9.17) is 0 Å². The van der Waals surface area contributed by atoms with Crippen molar-refractivity contribution >= 4 is 35.3 Å². The number of carbonyl (C=O) groups is 4. The summed E-state index contributed by atoms with van der Waals surface area (Å²) in [6.07, 6.45) is 0. The highest BCUT2D eigenvalue weighted by atomic mass is 16.5. The number of esters is 1. The Bertz CT molecular complexity index is 1330. The van der Waals surface area contributed by atoms with Gasteiger partial charge in [0.1, 0.15) is 12.1 Å². The summed E-state index contributed by atoms with van der Waals surface area (Å²) >= 11 is 0. The quantitative estimate of drug-likeness (QED) is 0.367. The van der Waals surface area contributed by atoms with Gasteiger partial charge < -0.3 is 20.3 Å². The Labute approximate surface area is 215 Å². The average molecular weight is 501 g/mol. The first-order chi connectivity index (χ1) is 17.7. The minimum absolute atomic E-state index is 0.165. The Morgan fingerprint density at radius 3 is 2.19 bits per heavy atom. The monoisotopic (exact) mass is 500 g/mol. The summed E-state index contributed by atoms with van der Waals surface area (Å²) in [4.78, 5) is 53.7. The molecule has 190 valence electrons. The van der Waals surface area contributed by atoms with Crippen LogP contribution in [0.3, 0.4) is 0 Å². The summed E-state index contributed by atoms with van der Waals surface area (Å²) in [7, 11) is 1.20. The molecule has 37 heavy (non-hydrogen) atoms. The molecule has 1 aliphatic heterocycles. The Kier molecular flexibility index (Phi) is 7.24. The van der Waals surface area contributed by atoms with Crippen LogP contribution in [0.25, 0.3) is 0 Å².